The van der Waals surface area contributed by atoms with E-state index in [1.807, 2.05) is 0 Å². The zero-order chi connectivity index (χ0) is 8.59. The highest BCUT2D eigenvalue weighted by Gasteiger charge is 2.11. The minimum absolute atomic E-state index is 0.0370. The molecule has 1 heterocycles. The van der Waals surface area contributed by atoms with Gasteiger partial charge in [0.15, 0.2) is 5.75 Å². The highest BCUT2D eigenvalue weighted by Crippen LogP contribution is 2.31. The van der Waals surface area contributed by atoms with E-state index in [0.717, 1.165) is 0 Å². The summed E-state index contributed by atoms with van der Waals surface area (Å²) in [5.74, 6) is 0.231. The fraction of sp³-hybridized carbons (Fsp3) is 0.167. The molecule has 11 heavy (non-hydrogen) atoms. The Hall–Kier alpha value is -0.290. The Balaban J connectivity index is 3.59. The molecule has 0 aliphatic rings. The van der Waals surface area contributed by atoms with Crippen molar-refractivity contribution >= 4 is 31.9 Å². The summed E-state index contributed by atoms with van der Waals surface area (Å²) in [5.41, 5.74) is -0.580. The largest absolute Gasteiger partial charge is 0.505 e. The summed E-state index contributed by atoms with van der Waals surface area (Å²) < 4.78 is 5.14. The molecule has 60 valence electrons. The van der Waals surface area contributed by atoms with Crippen molar-refractivity contribution < 1.29 is 9.52 Å². The molecule has 3 nitrogen and oxygen atoms in total. The van der Waals surface area contributed by atoms with E-state index < -0.39 is 5.63 Å². The molecule has 0 bridgehead atoms. The average molecular weight is 284 g/mol. The standard InChI is InChI=1S/C6H4Br2O3/c1-2-3(7)5(9)4(8)6(10)11-2/h9H,1H3. The van der Waals surface area contributed by atoms with Gasteiger partial charge in [-0.25, -0.2) is 4.79 Å². The zero-order valence-electron chi connectivity index (χ0n) is 5.52. The highest BCUT2D eigenvalue weighted by molar-refractivity contribution is 9.11. The van der Waals surface area contributed by atoms with Gasteiger partial charge in [-0.05, 0) is 38.8 Å². The first-order chi connectivity index (χ1) is 5.04. The van der Waals surface area contributed by atoms with Crippen molar-refractivity contribution in [3.63, 3.8) is 0 Å². The minimum atomic E-state index is -0.580. The Morgan fingerprint density at radius 2 is 1.91 bits per heavy atom. The van der Waals surface area contributed by atoms with Gasteiger partial charge in [-0.1, -0.05) is 0 Å². The first kappa shape index (κ1) is 8.80. The number of rotatable bonds is 0. The molecular formula is C6H4Br2O3. The van der Waals surface area contributed by atoms with Gasteiger partial charge in [-0.3, -0.25) is 0 Å². The molecular weight excluding hydrogens is 280 g/mol. The van der Waals surface area contributed by atoms with Crippen molar-refractivity contribution in [2.45, 2.75) is 6.92 Å². The summed E-state index contributed by atoms with van der Waals surface area (Å²) >= 11 is 5.93. The third-order valence-electron chi connectivity index (χ3n) is 1.15. The molecule has 5 heteroatoms. The van der Waals surface area contributed by atoms with Crippen LogP contribution in [0, 0.1) is 6.92 Å². The molecule has 0 aliphatic carbocycles. The number of aromatic hydroxyl groups is 1. The molecule has 0 atom stereocenters. The van der Waals surface area contributed by atoms with Crippen LogP contribution in [0.3, 0.4) is 0 Å². The van der Waals surface area contributed by atoms with Gasteiger partial charge in [-0.15, -0.1) is 0 Å². The van der Waals surface area contributed by atoms with Crippen molar-refractivity contribution in [2.75, 3.05) is 0 Å². The van der Waals surface area contributed by atoms with Gasteiger partial charge in [-0.2, -0.15) is 0 Å². The number of aryl methyl sites for hydroxylation is 1. The Morgan fingerprint density at radius 1 is 1.36 bits per heavy atom. The predicted octanol–water partition coefficient (Wildman–Crippen LogP) is 2.18. The van der Waals surface area contributed by atoms with Crippen LogP contribution in [-0.4, -0.2) is 5.11 Å². The van der Waals surface area contributed by atoms with E-state index in [0.29, 0.717) is 10.2 Å². The fourth-order valence-corrected chi connectivity index (χ4v) is 1.41. The molecule has 0 saturated heterocycles. The summed E-state index contributed by atoms with van der Waals surface area (Å²) in [4.78, 5) is 10.8. The van der Waals surface area contributed by atoms with Crippen LogP contribution in [-0.2, 0) is 0 Å². The lowest BCUT2D eigenvalue weighted by Crippen LogP contribution is -2.01. The van der Waals surface area contributed by atoms with Crippen LogP contribution in [0.15, 0.2) is 18.2 Å². The summed E-state index contributed by atoms with van der Waals surface area (Å²) in [5, 5.41) is 9.21. The molecule has 1 aromatic rings. The summed E-state index contributed by atoms with van der Waals surface area (Å²) in [6.45, 7) is 1.58. The molecule has 1 N–H and O–H groups in total. The van der Waals surface area contributed by atoms with Gasteiger partial charge in [0, 0.05) is 0 Å². The summed E-state index contributed by atoms with van der Waals surface area (Å²) in [6.07, 6.45) is 0. The lowest BCUT2D eigenvalue weighted by molar-refractivity contribution is 0.422. The van der Waals surface area contributed by atoms with Crippen molar-refractivity contribution in [2.24, 2.45) is 0 Å². The van der Waals surface area contributed by atoms with Crippen LogP contribution in [0.5, 0.6) is 5.75 Å². The molecule has 0 fully saturated rings. The van der Waals surface area contributed by atoms with Crippen molar-refractivity contribution in [3.8, 4) is 5.75 Å². The Kier molecular flexibility index (Phi) is 2.39. The van der Waals surface area contributed by atoms with Crippen molar-refractivity contribution in [1.29, 1.82) is 0 Å². The molecule has 1 aromatic heterocycles. The second-order valence-electron chi connectivity index (χ2n) is 1.92. The molecule has 0 saturated carbocycles. The lowest BCUT2D eigenvalue weighted by Gasteiger charge is -1.99. The molecule has 0 spiro atoms. The van der Waals surface area contributed by atoms with E-state index in [1.165, 1.54) is 0 Å². The maximum Gasteiger partial charge on any atom is 0.354 e. The van der Waals surface area contributed by atoms with Crippen molar-refractivity contribution in [3.05, 3.63) is 25.1 Å². The van der Waals surface area contributed by atoms with E-state index in [2.05, 4.69) is 31.9 Å². The quantitative estimate of drug-likeness (QED) is 0.794. The first-order valence-electron chi connectivity index (χ1n) is 2.71. The first-order valence-corrected chi connectivity index (χ1v) is 4.30. The van der Waals surface area contributed by atoms with Gasteiger partial charge >= 0.3 is 5.63 Å². The van der Waals surface area contributed by atoms with E-state index in [-0.39, 0.29) is 10.2 Å². The van der Waals surface area contributed by atoms with Crippen LogP contribution in [0.2, 0.25) is 0 Å². The van der Waals surface area contributed by atoms with Gasteiger partial charge in [0.1, 0.15) is 10.2 Å². The van der Waals surface area contributed by atoms with Crippen LogP contribution < -0.4 is 5.63 Å². The van der Waals surface area contributed by atoms with E-state index >= 15 is 0 Å². The van der Waals surface area contributed by atoms with Gasteiger partial charge in [0.2, 0.25) is 0 Å². The number of halogens is 2. The monoisotopic (exact) mass is 282 g/mol. The smallest absolute Gasteiger partial charge is 0.354 e. The second kappa shape index (κ2) is 2.98. The third-order valence-corrected chi connectivity index (χ3v) is 2.78. The molecule has 0 aliphatic heterocycles. The zero-order valence-corrected chi connectivity index (χ0v) is 8.69. The lowest BCUT2D eigenvalue weighted by atomic mass is 10.4. The topological polar surface area (TPSA) is 50.4 Å². The average Bonchev–Trinajstić information content (AvgIpc) is 1.97. The van der Waals surface area contributed by atoms with Gasteiger partial charge in [0.05, 0.1) is 4.47 Å². The normalized spacial score (nSPS) is 10.1. The number of hydrogen-bond donors (Lipinski definition) is 1. The molecule has 0 unspecified atom stereocenters. The molecule has 0 amide bonds. The third kappa shape index (κ3) is 1.49. The van der Waals surface area contributed by atoms with Crippen LogP contribution >= 0.6 is 31.9 Å². The van der Waals surface area contributed by atoms with Crippen LogP contribution in [0.1, 0.15) is 5.76 Å². The Morgan fingerprint density at radius 3 is 2.45 bits per heavy atom. The van der Waals surface area contributed by atoms with Gasteiger partial charge < -0.3 is 9.52 Å². The van der Waals surface area contributed by atoms with E-state index in [4.69, 9.17) is 4.42 Å². The fourth-order valence-electron chi connectivity index (χ4n) is 0.588. The Bertz CT molecular complexity index is 342. The Labute approximate surface area is 79.3 Å². The molecule has 0 aromatic carbocycles. The molecule has 0 radical (unpaired) electrons. The van der Waals surface area contributed by atoms with E-state index in [9.17, 15) is 9.90 Å². The second-order valence-corrected chi connectivity index (χ2v) is 3.51. The molecule has 1 rings (SSSR count). The minimum Gasteiger partial charge on any atom is -0.505 e. The maximum absolute atomic E-state index is 10.8. The van der Waals surface area contributed by atoms with Crippen LogP contribution in [0.4, 0.5) is 0 Å². The number of hydrogen-bond acceptors (Lipinski definition) is 3. The van der Waals surface area contributed by atoms with E-state index in [1.54, 1.807) is 6.92 Å². The predicted molar refractivity (Wildman–Crippen MR) is 46.8 cm³/mol. The van der Waals surface area contributed by atoms with Crippen LogP contribution in [0.25, 0.3) is 0 Å². The van der Waals surface area contributed by atoms with Gasteiger partial charge in [0.25, 0.3) is 0 Å². The summed E-state index contributed by atoms with van der Waals surface area (Å²) in [6, 6.07) is 0. The maximum atomic E-state index is 10.8. The highest BCUT2D eigenvalue weighted by atomic mass is 79.9. The summed E-state index contributed by atoms with van der Waals surface area (Å²) in [7, 11) is 0. The van der Waals surface area contributed by atoms with Crippen molar-refractivity contribution in [1.82, 2.24) is 0 Å². The SMILES string of the molecule is Cc1oc(=O)c(Br)c(O)c1Br.